The smallest absolute Gasteiger partial charge is 0.274 e. The summed E-state index contributed by atoms with van der Waals surface area (Å²) >= 11 is 1.65. The highest BCUT2D eigenvalue weighted by atomic mass is 32.1. The van der Waals surface area contributed by atoms with Crippen molar-refractivity contribution in [2.24, 2.45) is 12.5 Å². The topological polar surface area (TPSA) is 102 Å². The standard InChI is InChI=1S/C31H33N5O4S/c1-31(2)13-22-21-7-8-35(30(39)28(21)41-26(22)14-31)25-6-4-5-20(23(25)16-37)18-11-24(29(38)34(3)15-18)32-27-12-19-17-40-10-9-36(19)33-27/h4-6,11-12,15,37H,7-10,13-14,16-17H2,1-3H3,(H,32,33). The Hall–Kier alpha value is -3.73. The number of anilines is 3. The number of carbonyl (C=O) groups is 1. The molecular weight excluding hydrogens is 538 g/mol. The van der Waals surface area contributed by atoms with Crippen LogP contribution in [0.1, 0.15) is 50.8 Å². The maximum atomic E-state index is 13.8. The molecule has 7 rings (SSSR count). The summed E-state index contributed by atoms with van der Waals surface area (Å²) in [5, 5.41) is 18.4. The van der Waals surface area contributed by atoms with Gasteiger partial charge in [-0.1, -0.05) is 26.0 Å². The Balaban J connectivity index is 1.24. The van der Waals surface area contributed by atoms with Crippen LogP contribution in [0.3, 0.4) is 0 Å². The highest BCUT2D eigenvalue weighted by Gasteiger charge is 2.38. The van der Waals surface area contributed by atoms with Crippen molar-refractivity contribution in [2.75, 3.05) is 23.4 Å². The molecule has 0 saturated heterocycles. The van der Waals surface area contributed by atoms with Crippen LogP contribution in [0.5, 0.6) is 0 Å². The van der Waals surface area contributed by atoms with E-state index < -0.39 is 0 Å². The second-order valence-corrected chi connectivity index (χ2v) is 13.1. The number of rotatable bonds is 5. The molecule has 1 amide bonds. The molecule has 0 spiro atoms. The molecule has 212 valence electrons. The molecule has 0 bridgehead atoms. The molecule has 10 heteroatoms. The van der Waals surface area contributed by atoms with Crippen molar-refractivity contribution in [3.63, 3.8) is 0 Å². The van der Waals surface area contributed by atoms with E-state index in [9.17, 15) is 14.7 Å². The number of aryl methyl sites for hydroxylation is 1. The fourth-order valence-electron chi connectivity index (χ4n) is 6.50. The van der Waals surface area contributed by atoms with Crippen LogP contribution in [0, 0.1) is 5.41 Å². The van der Waals surface area contributed by atoms with Gasteiger partial charge < -0.3 is 24.6 Å². The van der Waals surface area contributed by atoms with Crippen molar-refractivity contribution in [1.82, 2.24) is 14.3 Å². The molecule has 1 aromatic carbocycles. The summed E-state index contributed by atoms with van der Waals surface area (Å²) < 4.78 is 8.92. The van der Waals surface area contributed by atoms with Gasteiger partial charge in [0, 0.05) is 41.9 Å². The predicted molar refractivity (Wildman–Crippen MR) is 159 cm³/mol. The van der Waals surface area contributed by atoms with Gasteiger partial charge in [-0.3, -0.25) is 14.3 Å². The largest absolute Gasteiger partial charge is 0.392 e. The second kappa shape index (κ2) is 9.68. The van der Waals surface area contributed by atoms with Gasteiger partial charge >= 0.3 is 0 Å². The van der Waals surface area contributed by atoms with Crippen LogP contribution in [-0.4, -0.2) is 38.5 Å². The number of ether oxygens (including phenoxy) is 1. The van der Waals surface area contributed by atoms with E-state index in [1.807, 2.05) is 33.8 Å². The summed E-state index contributed by atoms with van der Waals surface area (Å²) in [7, 11) is 1.71. The Bertz CT molecular complexity index is 1740. The zero-order chi connectivity index (χ0) is 28.5. The molecule has 2 aliphatic heterocycles. The Morgan fingerprint density at radius 3 is 2.80 bits per heavy atom. The van der Waals surface area contributed by atoms with Crippen molar-refractivity contribution < 1.29 is 14.6 Å². The van der Waals surface area contributed by atoms with E-state index in [4.69, 9.17) is 4.74 Å². The average molecular weight is 572 g/mol. The summed E-state index contributed by atoms with van der Waals surface area (Å²) in [6.45, 7) is 6.68. The van der Waals surface area contributed by atoms with E-state index in [-0.39, 0.29) is 23.5 Å². The van der Waals surface area contributed by atoms with E-state index >= 15 is 0 Å². The van der Waals surface area contributed by atoms with E-state index in [0.29, 0.717) is 49.1 Å². The zero-order valence-electron chi connectivity index (χ0n) is 23.5. The number of aliphatic hydroxyl groups excluding tert-OH is 1. The molecule has 3 aliphatic rings. The average Bonchev–Trinajstić information content (AvgIpc) is 3.60. The van der Waals surface area contributed by atoms with E-state index in [0.717, 1.165) is 41.0 Å². The molecule has 0 saturated carbocycles. The molecule has 9 nitrogen and oxygen atoms in total. The maximum absolute atomic E-state index is 13.8. The zero-order valence-corrected chi connectivity index (χ0v) is 24.3. The summed E-state index contributed by atoms with van der Waals surface area (Å²) in [4.78, 5) is 30.9. The quantitative estimate of drug-likeness (QED) is 0.368. The van der Waals surface area contributed by atoms with E-state index in [1.165, 1.54) is 20.6 Å². The summed E-state index contributed by atoms with van der Waals surface area (Å²) in [5.74, 6) is 0.586. The van der Waals surface area contributed by atoms with Gasteiger partial charge in [0.05, 0.1) is 42.6 Å². The fraction of sp³-hybridized carbons (Fsp3) is 0.387. The monoisotopic (exact) mass is 571 g/mol. The van der Waals surface area contributed by atoms with Crippen molar-refractivity contribution in [2.45, 2.75) is 52.9 Å². The molecule has 1 aliphatic carbocycles. The number of aromatic nitrogens is 3. The number of aliphatic hydroxyl groups is 1. The summed E-state index contributed by atoms with van der Waals surface area (Å²) in [6, 6.07) is 9.42. The van der Waals surface area contributed by atoms with Crippen LogP contribution in [-0.2, 0) is 50.8 Å². The highest BCUT2D eigenvalue weighted by molar-refractivity contribution is 7.14. The van der Waals surface area contributed by atoms with Gasteiger partial charge in [0.2, 0.25) is 0 Å². The van der Waals surface area contributed by atoms with Crippen molar-refractivity contribution >= 4 is 34.4 Å². The first-order chi connectivity index (χ1) is 19.7. The van der Waals surface area contributed by atoms with E-state index in [2.05, 4.69) is 24.3 Å². The second-order valence-electron chi connectivity index (χ2n) is 12.0. The minimum atomic E-state index is -0.239. The van der Waals surface area contributed by atoms with Crippen molar-refractivity contribution in [3.05, 3.63) is 79.0 Å². The number of nitrogens with one attached hydrogen (secondary N) is 1. The first-order valence-electron chi connectivity index (χ1n) is 14.0. The number of amides is 1. The molecule has 41 heavy (non-hydrogen) atoms. The van der Waals surface area contributed by atoms with Crippen LogP contribution in [0.4, 0.5) is 17.2 Å². The third-order valence-electron chi connectivity index (χ3n) is 8.44. The molecule has 5 heterocycles. The molecule has 3 aromatic heterocycles. The molecule has 0 radical (unpaired) electrons. The Morgan fingerprint density at radius 1 is 1.15 bits per heavy atom. The summed E-state index contributed by atoms with van der Waals surface area (Å²) in [6.07, 6.45) is 4.62. The van der Waals surface area contributed by atoms with Gasteiger partial charge in [-0.15, -0.1) is 11.3 Å². The van der Waals surface area contributed by atoms with Gasteiger partial charge in [0.25, 0.3) is 11.5 Å². The van der Waals surface area contributed by atoms with Crippen LogP contribution in [0.15, 0.2) is 41.3 Å². The fourth-order valence-corrected chi connectivity index (χ4v) is 8.07. The number of pyridine rings is 1. The Kier molecular flexibility index (Phi) is 6.18. The number of thiophene rings is 1. The van der Waals surface area contributed by atoms with E-state index in [1.54, 1.807) is 30.6 Å². The minimum absolute atomic E-state index is 0.00542. The third kappa shape index (κ3) is 4.41. The predicted octanol–water partition coefficient (Wildman–Crippen LogP) is 4.40. The first kappa shape index (κ1) is 26.2. The van der Waals surface area contributed by atoms with Crippen molar-refractivity contribution in [1.29, 1.82) is 0 Å². The number of hydrogen-bond donors (Lipinski definition) is 2. The number of fused-ring (bicyclic) bond motifs is 4. The molecule has 0 unspecified atom stereocenters. The number of hydrogen-bond acceptors (Lipinski definition) is 7. The normalized spacial score (nSPS) is 17.4. The number of benzene rings is 1. The van der Waals surface area contributed by atoms with Gasteiger partial charge in [0.1, 0.15) is 5.69 Å². The molecule has 0 atom stereocenters. The van der Waals surface area contributed by atoms with Crippen LogP contribution >= 0.6 is 11.3 Å². The SMILES string of the molecule is Cn1cc(-c2cccc(N3CCc4c(sc5c4CC(C)(C)C5)C3=O)c2CO)cc(Nc2cc3n(n2)CCOC3)c1=O. The lowest BCUT2D eigenvalue weighted by Gasteiger charge is -2.30. The first-order valence-corrected chi connectivity index (χ1v) is 14.8. The van der Waals surface area contributed by atoms with Gasteiger partial charge in [0.15, 0.2) is 5.82 Å². The van der Waals surface area contributed by atoms with Crippen LogP contribution in [0.2, 0.25) is 0 Å². The van der Waals surface area contributed by atoms with Crippen LogP contribution < -0.4 is 15.8 Å². The maximum Gasteiger partial charge on any atom is 0.274 e. The molecule has 4 aromatic rings. The number of carbonyl (C=O) groups excluding carboxylic acids is 1. The Morgan fingerprint density at radius 2 is 2.00 bits per heavy atom. The lowest BCUT2D eigenvalue weighted by atomic mass is 9.89. The van der Waals surface area contributed by atoms with Gasteiger partial charge in [-0.2, -0.15) is 5.10 Å². The van der Waals surface area contributed by atoms with Crippen LogP contribution in [0.25, 0.3) is 11.1 Å². The van der Waals surface area contributed by atoms with Crippen molar-refractivity contribution in [3.8, 4) is 11.1 Å². The number of nitrogens with zero attached hydrogens (tertiary/aromatic N) is 4. The van der Waals surface area contributed by atoms with Gasteiger partial charge in [-0.05, 0) is 53.5 Å². The lowest BCUT2D eigenvalue weighted by Crippen LogP contribution is -2.37. The molecule has 0 fully saturated rings. The summed E-state index contributed by atoms with van der Waals surface area (Å²) in [5.41, 5.74) is 6.91. The Labute approximate surface area is 242 Å². The lowest BCUT2D eigenvalue weighted by molar-refractivity contribution is 0.0801. The minimum Gasteiger partial charge on any atom is -0.392 e. The highest BCUT2D eigenvalue weighted by Crippen LogP contribution is 2.46. The third-order valence-corrected chi connectivity index (χ3v) is 9.70. The molecular formula is C31H33N5O4S. The van der Waals surface area contributed by atoms with Gasteiger partial charge in [-0.25, -0.2) is 0 Å². The molecule has 2 N–H and O–H groups in total.